The van der Waals surface area contributed by atoms with Gasteiger partial charge in [0.1, 0.15) is 11.6 Å². The lowest BCUT2D eigenvalue weighted by Crippen LogP contribution is -2.37. The summed E-state index contributed by atoms with van der Waals surface area (Å²) in [6.07, 6.45) is 5.41. The second-order valence-corrected chi connectivity index (χ2v) is 10.1. The lowest BCUT2D eigenvalue weighted by atomic mass is 9.88. The van der Waals surface area contributed by atoms with E-state index in [0.717, 1.165) is 37.5 Å². The number of benzene rings is 2. The Morgan fingerprint density at radius 1 is 1.12 bits per heavy atom. The number of guanidine groups is 1. The zero-order chi connectivity index (χ0) is 22.4. The average molecular weight is 575 g/mol. The lowest BCUT2D eigenvalue weighted by Gasteiger charge is -2.21. The van der Waals surface area contributed by atoms with E-state index in [0.29, 0.717) is 30.2 Å². The molecule has 0 saturated carbocycles. The number of hydrogen-bond acceptors (Lipinski definition) is 4. The minimum absolute atomic E-state index is 0. The summed E-state index contributed by atoms with van der Waals surface area (Å²) in [5.74, 6) is 0.197. The van der Waals surface area contributed by atoms with Crippen molar-refractivity contribution in [2.45, 2.75) is 51.4 Å². The van der Waals surface area contributed by atoms with Gasteiger partial charge in [0, 0.05) is 24.9 Å². The number of sulfone groups is 1. The number of aliphatic imine (C=N–C) groups is 1. The molecule has 0 spiro atoms. The molecule has 6 nitrogen and oxygen atoms in total. The summed E-state index contributed by atoms with van der Waals surface area (Å²) < 4.78 is 37.2. The van der Waals surface area contributed by atoms with Crippen LogP contribution in [0.4, 0.5) is 4.39 Å². The van der Waals surface area contributed by atoms with Crippen LogP contribution in [0.5, 0.6) is 5.75 Å². The van der Waals surface area contributed by atoms with Gasteiger partial charge in [0.05, 0.1) is 12.3 Å². The molecule has 0 aliphatic heterocycles. The molecule has 0 aromatic heterocycles. The smallest absolute Gasteiger partial charge is 0.191 e. The van der Waals surface area contributed by atoms with Gasteiger partial charge in [-0.25, -0.2) is 17.8 Å². The van der Waals surface area contributed by atoms with Crippen LogP contribution >= 0.6 is 24.0 Å². The monoisotopic (exact) mass is 575 g/mol. The third-order valence-electron chi connectivity index (χ3n) is 5.40. The number of hydrogen-bond donors (Lipinski definition) is 3. The van der Waals surface area contributed by atoms with E-state index in [9.17, 15) is 17.9 Å². The average Bonchev–Trinajstić information content (AvgIpc) is 2.72. The molecule has 3 rings (SSSR count). The maximum Gasteiger partial charge on any atom is 0.191 e. The van der Waals surface area contributed by atoms with E-state index in [1.807, 2.05) is 13.0 Å². The van der Waals surface area contributed by atoms with Crippen molar-refractivity contribution in [2.24, 2.45) is 4.99 Å². The van der Waals surface area contributed by atoms with E-state index >= 15 is 0 Å². The molecule has 0 atom stereocenters. The minimum atomic E-state index is -3.25. The van der Waals surface area contributed by atoms with Crippen LogP contribution < -0.4 is 10.6 Å². The molecule has 176 valence electrons. The van der Waals surface area contributed by atoms with E-state index < -0.39 is 15.7 Å². The van der Waals surface area contributed by atoms with Gasteiger partial charge in [0.15, 0.2) is 15.8 Å². The highest BCUT2D eigenvalue weighted by atomic mass is 127. The Kier molecular flexibility index (Phi) is 9.75. The van der Waals surface area contributed by atoms with Crippen molar-refractivity contribution < 1.29 is 17.9 Å². The largest absolute Gasteiger partial charge is 0.508 e. The van der Waals surface area contributed by atoms with Crippen LogP contribution in [0, 0.1) is 5.82 Å². The fourth-order valence-corrected chi connectivity index (χ4v) is 4.78. The predicted octanol–water partition coefficient (Wildman–Crippen LogP) is 3.83. The van der Waals surface area contributed by atoms with E-state index in [2.05, 4.69) is 15.6 Å². The quantitative estimate of drug-likeness (QED) is 0.265. The van der Waals surface area contributed by atoms with Gasteiger partial charge in [-0.2, -0.15) is 0 Å². The third kappa shape index (κ3) is 7.33. The molecule has 32 heavy (non-hydrogen) atoms. The van der Waals surface area contributed by atoms with E-state index in [1.54, 1.807) is 6.07 Å². The summed E-state index contributed by atoms with van der Waals surface area (Å²) in [6.45, 7) is 3.12. The Hall–Kier alpha value is -1.88. The summed E-state index contributed by atoms with van der Waals surface area (Å²) in [6, 6.07) is 7.83. The molecule has 0 heterocycles. The van der Waals surface area contributed by atoms with E-state index in [1.165, 1.54) is 29.3 Å². The number of rotatable bonds is 7. The zero-order valence-corrected chi connectivity index (χ0v) is 21.6. The van der Waals surface area contributed by atoms with E-state index in [4.69, 9.17) is 0 Å². The van der Waals surface area contributed by atoms with Crippen LogP contribution in [0.15, 0.2) is 35.3 Å². The fraction of sp³-hybridized carbons (Fsp3) is 0.435. The van der Waals surface area contributed by atoms with Gasteiger partial charge in [0.25, 0.3) is 0 Å². The van der Waals surface area contributed by atoms with Crippen molar-refractivity contribution in [3.63, 3.8) is 0 Å². The SMILES string of the molecule is CCNC(=NCc1cc(F)ccc1CS(C)(=O)=O)NCc1c(O)ccc2c1CCCC2.I. The highest BCUT2D eigenvalue weighted by Gasteiger charge is 2.17. The van der Waals surface area contributed by atoms with Crippen LogP contribution in [-0.4, -0.2) is 32.3 Å². The molecule has 3 N–H and O–H groups in total. The predicted molar refractivity (Wildman–Crippen MR) is 137 cm³/mol. The number of phenols is 1. The molecule has 0 unspecified atom stereocenters. The number of phenolic OH excluding ortho intramolecular Hbond substituents is 1. The van der Waals surface area contributed by atoms with Crippen molar-refractivity contribution in [1.29, 1.82) is 0 Å². The first-order valence-corrected chi connectivity index (χ1v) is 12.6. The lowest BCUT2D eigenvalue weighted by molar-refractivity contribution is 0.464. The molecule has 9 heteroatoms. The summed E-state index contributed by atoms with van der Waals surface area (Å²) in [7, 11) is -3.25. The minimum Gasteiger partial charge on any atom is -0.508 e. The Bertz CT molecular complexity index is 1070. The molecule has 2 aromatic rings. The summed E-state index contributed by atoms with van der Waals surface area (Å²) in [4.78, 5) is 4.52. The zero-order valence-electron chi connectivity index (χ0n) is 18.4. The number of fused-ring (bicyclic) bond motifs is 1. The summed E-state index contributed by atoms with van der Waals surface area (Å²) >= 11 is 0. The van der Waals surface area contributed by atoms with Crippen molar-refractivity contribution in [3.8, 4) is 5.75 Å². The van der Waals surface area contributed by atoms with Crippen LogP contribution in [0.3, 0.4) is 0 Å². The topological polar surface area (TPSA) is 90.8 Å². The Morgan fingerprint density at radius 2 is 1.88 bits per heavy atom. The molecule has 0 radical (unpaired) electrons. The molecule has 0 fully saturated rings. The second kappa shape index (κ2) is 11.8. The first kappa shape index (κ1) is 26.4. The van der Waals surface area contributed by atoms with Gasteiger partial charge in [-0.3, -0.25) is 0 Å². The van der Waals surface area contributed by atoms with Crippen LogP contribution in [0.1, 0.15) is 47.6 Å². The molecule has 1 aliphatic carbocycles. The van der Waals surface area contributed by atoms with Crippen LogP contribution in [-0.2, 0) is 41.5 Å². The first-order valence-electron chi connectivity index (χ1n) is 10.6. The Balaban J connectivity index is 0.00000363. The number of aromatic hydroxyl groups is 1. The molecule has 1 aliphatic rings. The molecular formula is C23H31FIN3O3S. The van der Waals surface area contributed by atoms with Gasteiger partial charge < -0.3 is 15.7 Å². The van der Waals surface area contributed by atoms with Crippen molar-refractivity contribution in [2.75, 3.05) is 12.8 Å². The highest BCUT2D eigenvalue weighted by Crippen LogP contribution is 2.30. The van der Waals surface area contributed by atoms with Gasteiger partial charge in [0.2, 0.25) is 0 Å². The van der Waals surface area contributed by atoms with Crippen molar-refractivity contribution in [3.05, 3.63) is 64.0 Å². The molecule has 0 bridgehead atoms. The summed E-state index contributed by atoms with van der Waals surface area (Å²) in [5.41, 5.74) is 4.44. The van der Waals surface area contributed by atoms with Gasteiger partial charge in [-0.1, -0.05) is 12.1 Å². The maximum atomic E-state index is 13.8. The second-order valence-electron chi connectivity index (χ2n) is 7.94. The Morgan fingerprint density at radius 3 is 2.59 bits per heavy atom. The van der Waals surface area contributed by atoms with Crippen molar-refractivity contribution >= 4 is 39.8 Å². The molecular weight excluding hydrogens is 544 g/mol. The Labute approximate surface area is 206 Å². The number of aryl methyl sites for hydroxylation is 1. The molecule has 2 aromatic carbocycles. The van der Waals surface area contributed by atoms with Crippen LogP contribution in [0.2, 0.25) is 0 Å². The number of nitrogens with one attached hydrogen (secondary N) is 2. The fourth-order valence-electron chi connectivity index (χ4n) is 3.93. The summed E-state index contributed by atoms with van der Waals surface area (Å²) in [5, 5.41) is 16.8. The standard InChI is InChI=1S/C23H30FN3O3S.HI/c1-3-25-23(26-13-18-12-19(24)10-8-17(18)15-31(2,29)30)27-14-21-20-7-5-4-6-16(20)9-11-22(21)28;/h8-12,28H,3-7,13-15H2,1-2H3,(H2,25,26,27);1H. The van der Waals surface area contributed by atoms with Crippen molar-refractivity contribution in [1.82, 2.24) is 10.6 Å². The number of nitrogens with zero attached hydrogens (tertiary/aromatic N) is 1. The van der Waals surface area contributed by atoms with Crippen LogP contribution in [0.25, 0.3) is 0 Å². The van der Waals surface area contributed by atoms with Gasteiger partial charge in [-0.15, -0.1) is 24.0 Å². The van der Waals surface area contributed by atoms with Gasteiger partial charge >= 0.3 is 0 Å². The third-order valence-corrected chi connectivity index (χ3v) is 6.23. The van der Waals surface area contributed by atoms with E-state index in [-0.39, 0.29) is 42.0 Å². The number of halogens is 2. The first-order chi connectivity index (χ1) is 14.8. The van der Waals surface area contributed by atoms with Gasteiger partial charge in [-0.05, 0) is 73.1 Å². The maximum absolute atomic E-state index is 13.8. The highest BCUT2D eigenvalue weighted by molar-refractivity contribution is 14.0. The normalized spacial score (nSPS) is 13.8. The molecule has 0 amide bonds. The molecule has 0 saturated heterocycles.